The van der Waals surface area contributed by atoms with Crippen molar-refractivity contribution in [3.05, 3.63) is 41.2 Å². The fraction of sp³-hybridized carbons (Fsp3) is 0.474. The molecule has 1 heterocycles. The monoisotopic (exact) mass is 397 g/mol. The fourth-order valence-electron chi connectivity index (χ4n) is 4.03. The molecule has 27 heavy (non-hydrogen) atoms. The Labute approximate surface area is 160 Å². The summed E-state index contributed by atoms with van der Waals surface area (Å²) in [4.78, 5) is 4.63. The molecular formula is C19H19ClF3N3O. The third-order valence-corrected chi connectivity index (χ3v) is 5.62. The molecule has 1 saturated carbocycles. The first-order valence-corrected chi connectivity index (χ1v) is 9.25. The Morgan fingerprint density at radius 2 is 2.07 bits per heavy atom. The standard InChI is InChI=1S/C19H19ClF3N3O/c1-27-16-5-4-13(10-15(16)20)17-24-18(14-9-11-2-3-12(14)8-11)26(25-17)7-6-19(21,22)23/h2-5,10-12,14H,6-9H2,1H3. The molecule has 0 N–H and O–H groups in total. The molecule has 0 saturated heterocycles. The minimum Gasteiger partial charge on any atom is -0.495 e. The Bertz CT molecular complexity index is 878. The number of nitrogens with zero attached hydrogens (tertiary/aromatic N) is 3. The van der Waals surface area contributed by atoms with Crippen LogP contribution < -0.4 is 4.74 Å². The van der Waals surface area contributed by atoms with Crippen molar-refractivity contribution < 1.29 is 17.9 Å². The van der Waals surface area contributed by atoms with E-state index in [-0.39, 0.29) is 12.5 Å². The summed E-state index contributed by atoms with van der Waals surface area (Å²) in [6.45, 7) is -0.229. The summed E-state index contributed by atoms with van der Waals surface area (Å²) in [6, 6.07) is 5.14. The summed E-state index contributed by atoms with van der Waals surface area (Å²) in [5.74, 6) is 2.49. The Balaban J connectivity index is 1.68. The predicted molar refractivity (Wildman–Crippen MR) is 95.8 cm³/mol. The van der Waals surface area contributed by atoms with E-state index in [9.17, 15) is 13.2 Å². The minimum absolute atomic E-state index is 0.114. The largest absolute Gasteiger partial charge is 0.495 e. The number of aromatic nitrogens is 3. The van der Waals surface area contributed by atoms with E-state index >= 15 is 0 Å². The molecule has 3 atom stereocenters. The van der Waals surface area contributed by atoms with Gasteiger partial charge in [-0.3, -0.25) is 0 Å². The predicted octanol–water partition coefficient (Wildman–Crippen LogP) is 5.24. The van der Waals surface area contributed by atoms with Gasteiger partial charge in [0, 0.05) is 11.5 Å². The molecule has 144 valence electrons. The van der Waals surface area contributed by atoms with Crippen LogP contribution in [0.15, 0.2) is 30.4 Å². The molecule has 4 rings (SSSR count). The van der Waals surface area contributed by atoms with Crippen molar-refractivity contribution in [2.24, 2.45) is 11.8 Å². The third-order valence-electron chi connectivity index (χ3n) is 5.33. The molecule has 2 aliphatic rings. The van der Waals surface area contributed by atoms with Crippen LogP contribution in [0, 0.1) is 11.8 Å². The van der Waals surface area contributed by atoms with Crippen molar-refractivity contribution in [2.75, 3.05) is 7.11 Å². The molecule has 1 fully saturated rings. The maximum atomic E-state index is 12.8. The van der Waals surface area contributed by atoms with E-state index in [2.05, 4.69) is 22.2 Å². The highest BCUT2D eigenvalue weighted by Gasteiger charge is 2.40. The molecule has 4 nitrogen and oxygen atoms in total. The second kappa shape index (κ2) is 6.86. The van der Waals surface area contributed by atoms with Crippen LogP contribution in [0.4, 0.5) is 13.2 Å². The summed E-state index contributed by atoms with van der Waals surface area (Å²) in [5, 5.41) is 4.80. The van der Waals surface area contributed by atoms with Crippen molar-refractivity contribution in [1.29, 1.82) is 0 Å². The maximum absolute atomic E-state index is 12.8. The molecule has 1 aromatic carbocycles. The lowest BCUT2D eigenvalue weighted by Gasteiger charge is -2.18. The molecule has 0 spiro atoms. The lowest BCUT2D eigenvalue weighted by Crippen LogP contribution is -2.18. The van der Waals surface area contributed by atoms with E-state index in [0.717, 1.165) is 12.8 Å². The molecule has 1 aromatic heterocycles. The van der Waals surface area contributed by atoms with Gasteiger partial charge in [-0.25, -0.2) is 9.67 Å². The van der Waals surface area contributed by atoms with Crippen LogP contribution in [-0.4, -0.2) is 28.1 Å². The zero-order valence-corrected chi connectivity index (χ0v) is 15.5. The van der Waals surface area contributed by atoms with E-state index in [1.165, 1.54) is 11.8 Å². The van der Waals surface area contributed by atoms with Crippen LogP contribution in [0.25, 0.3) is 11.4 Å². The van der Waals surface area contributed by atoms with Gasteiger partial charge in [-0.05, 0) is 42.9 Å². The zero-order chi connectivity index (χ0) is 19.2. The number of aryl methyl sites for hydroxylation is 1. The molecule has 8 heteroatoms. The SMILES string of the molecule is COc1ccc(-c2nc(C3CC4C=CC3C4)n(CCC(F)(F)F)n2)cc1Cl. The van der Waals surface area contributed by atoms with Crippen molar-refractivity contribution >= 4 is 11.6 Å². The first-order valence-electron chi connectivity index (χ1n) is 8.88. The average molecular weight is 398 g/mol. The normalized spacial score (nSPS) is 24.0. The van der Waals surface area contributed by atoms with Gasteiger partial charge in [-0.2, -0.15) is 18.3 Å². The molecule has 2 aromatic rings. The highest BCUT2D eigenvalue weighted by Crippen LogP contribution is 2.48. The number of methoxy groups -OCH3 is 1. The van der Waals surface area contributed by atoms with Crippen molar-refractivity contribution in [3.8, 4) is 17.1 Å². The van der Waals surface area contributed by atoms with Crippen LogP contribution in [-0.2, 0) is 6.54 Å². The van der Waals surface area contributed by atoms with Gasteiger partial charge >= 0.3 is 6.18 Å². The second-order valence-electron chi connectivity index (χ2n) is 7.12. The van der Waals surface area contributed by atoms with Crippen LogP contribution in [0.3, 0.4) is 0 Å². The van der Waals surface area contributed by atoms with Gasteiger partial charge in [0.05, 0.1) is 25.1 Å². The first kappa shape index (κ1) is 18.3. The number of halogens is 4. The maximum Gasteiger partial charge on any atom is 0.390 e. The number of hydrogen-bond donors (Lipinski definition) is 0. The smallest absolute Gasteiger partial charge is 0.390 e. The van der Waals surface area contributed by atoms with E-state index in [1.54, 1.807) is 18.2 Å². The van der Waals surface area contributed by atoms with Gasteiger partial charge in [0.1, 0.15) is 11.6 Å². The molecule has 0 radical (unpaired) electrons. The topological polar surface area (TPSA) is 39.9 Å². The Morgan fingerprint density at radius 1 is 1.26 bits per heavy atom. The number of hydrogen-bond acceptors (Lipinski definition) is 3. The van der Waals surface area contributed by atoms with Crippen molar-refractivity contribution in [1.82, 2.24) is 14.8 Å². The van der Waals surface area contributed by atoms with Gasteiger partial charge in [0.15, 0.2) is 5.82 Å². The van der Waals surface area contributed by atoms with Gasteiger partial charge < -0.3 is 4.74 Å². The summed E-state index contributed by atoms with van der Waals surface area (Å²) < 4.78 is 44.9. The Kier molecular flexibility index (Phi) is 4.66. The first-order chi connectivity index (χ1) is 12.8. The number of allylic oxidation sites excluding steroid dienone is 2. The molecule has 0 aliphatic heterocycles. The molecule has 2 bridgehead atoms. The zero-order valence-electron chi connectivity index (χ0n) is 14.7. The number of alkyl halides is 3. The van der Waals surface area contributed by atoms with Crippen molar-refractivity contribution in [3.63, 3.8) is 0 Å². The number of rotatable bonds is 5. The third kappa shape index (κ3) is 3.70. The van der Waals surface area contributed by atoms with E-state index in [0.29, 0.717) is 39.8 Å². The molecule has 2 aliphatic carbocycles. The van der Waals surface area contributed by atoms with Crippen LogP contribution in [0.2, 0.25) is 5.02 Å². The molecule has 0 amide bonds. The minimum atomic E-state index is -4.23. The molecule has 3 unspecified atom stereocenters. The van der Waals surface area contributed by atoms with Gasteiger partial charge in [0.2, 0.25) is 0 Å². The quantitative estimate of drug-likeness (QED) is 0.648. The lowest BCUT2D eigenvalue weighted by molar-refractivity contribution is -0.137. The van der Waals surface area contributed by atoms with Crippen LogP contribution in [0.1, 0.15) is 31.0 Å². The van der Waals surface area contributed by atoms with E-state index in [4.69, 9.17) is 16.3 Å². The highest BCUT2D eigenvalue weighted by molar-refractivity contribution is 6.32. The van der Waals surface area contributed by atoms with Crippen molar-refractivity contribution in [2.45, 2.75) is 37.9 Å². The van der Waals surface area contributed by atoms with Gasteiger partial charge in [-0.1, -0.05) is 23.8 Å². The Hall–Kier alpha value is -2.02. The lowest BCUT2D eigenvalue weighted by atomic mass is 9.93. The summed E-state index contributed by atoms with van der Waals surface area (Å²) in [5.41, 5.74) is 0.659. The van der Waals surface area contributed by atoms with Gasteiger partial charge in [0.25, 0.3) is 0 Å². The fourth-order valence-corrected chi connectivity index (χ4v) is 4.29. The summed E-state index contributed by atoms with van der Waals surface area (Å²) >= 11 is 6.18. The Morgan fingerprint density at radius 3 is 2.67 bits per heavy atom. The number of benzene rings is 1. The highest BCUT2D eigenvalue weighted by atomic mass is 35.5. The number of fused-ring (bicyclic) bond motifs is 2. The van der Waals surface area contributed by atoms with Gasteiger partial charge in [-0.15, -0.1) is 0 Å². The molecular weight excluding hydrogens is 379 g/mol. The van der Waals surface area contributed by atoms with E-state index < -0.39 is 12.6 Å². The average Bonchev–Trinajstić information content (AvgIpc) is 3.34. The van der Waals surface area contributed by atoms with E-state index in [1.807, 2.05) is 0 Å². The number of ether oxygens (including phenoxy) is 1. The summed E-state index contributed by atoms with van der Waals surface area (Å²) in [7, 11) is 1.52. The summed E-state index contributed by atoms with van der Waals surface area (Å²) in [6.07, 6.45) is 1.15. The second-order valence-corrected chi connectivity index (χ2v) is 7.53. The van der Waals surface area contributed by atoms with Crippen LogP contribution >= 0.6 is 11.6 Å². The van der Waals surface area contributed by atoms with Crippen LogP contribution in [0.5, 0.6) is 5.75 Å².